The van der Waals surface area contributed by atoms with Gasteiger partial charge in [-0.1, -0.05) is 15.9 Å². The van der Waals surface area contributed by atoms with Crippen LogP contribution < -0.4 is 10.5 Å². The molecule has 3 nitrogen and oxygen atoms in total. The van der Waals surface area contributed by atoms with Gasteiger partial charge in [0.05, 0.1) is 11.4 Å². The molecule has 1 aromatic heterocycles. The van der Waals surface area contributed by atoms with Crippen LogP contribution in [0.3, 0.4) is 0 Å². The number of hydrogen-bond donors (Lipinski definition) is 1. The van der Waals surface area contributed by atoms with Crippen molar-refractivity contribution >= 4 is 37.5 Å². The molecular formula is C12H10Br2N2O. The molecule has 0 aliphatic rings. The van der Waals surface area contributed by atoms with E-state index in [-0.39, 0.29) is 0 Å². The second-order valence-corrected chi connectivity index (χ2v) is 5.27. The zero-order chi connectivity index (χ0) is 12.4. The van der Waals surface area contributed by atoms with Gasteiger partial charge in [-0.2, -0.15) is 0 Å². The lowest BCUT2D eigenvalue weighted by atomic mass is 10.3. The number of aryl methyl sites for hydroxylation is 1. The summed E-state index contributed by atoms with van der Waals surface area (Å²) in [6.45, 7) is 1.90. The number of nitrogen functional groups attached to an aromatic ring is 1. The molecular weight excluding hydrogens is 348 g/mol. The van der Waals surface area contributed by atoms with E-state index in [2.05, 4.69) is 36.8 Å². The van der Waals surface area contributed by atoms with E-state index in [1.54, 1.807) is 18.2 Å². The van der Waals surface area contributed by atoms with E-state index in [1.807, 2.05) is 19.1 Å². The summed E-state index contributed by atoms with van der Waals surface area (Å²) in [7, 11) is 0. The number of pyridine rings is 1. The first-order chi connectivity index (χ1) is 8.06. The minimum Gasteiger partial charge on any atom is -0.437 e. The molecule has 0 amide bonds. The van der Waals surface area contributed by atoms with E-state index in [0.717, 1.165) is 14.6 Å². The van der Waals surface area contributed by atoms with E-state index >= 15 is 0 Å². The monoisotopic (exact) mass is 356 g/mol. The highest BCUT2D eigenvalue weighted by Gasteiger charge is 2.05. The third kappa shape index (κ3) is 2.98. The Bertz CT molecular complexity index is 558. The topological polar surface area (TPSA) is 48.1 Å². The maximum Gasteiger partial charge on any atom is 0.219 e. The third-order valence-corrected chi connectivity index (χ3v) is 3.51. The Hall–Kier alpha value is -1.07. The van der Waals surface area contributed by atoms with Crippen molar-refractivity contribution in [1.29, 1.82) is 0 Å². The summed E-state index contributed by atoms with van der Waals surface area (Å²) in [6, 6.07) is 9.15. The Morgan fingerprint density at radius 2 is 1.94 bits per heavy atom. The fourth-order valence-electron chi connectivity index (χ4n) is 1.30. The molecule has 0 aliphatic carbocycles. The molecule has 88 valence electrons. The summed E-state index contributed by atoms with van der Waals surface area (Å²) in [5, 5.41) is 0. The molecule has 1 aromatic carbocycles. The molecule has 0 radical (unpaired) electrons. The number of nitrogens with zero attached hydrogens (tertiary/aromatic N) is 1. The van der Waals surface area contributed by atoms with Crippen LogP contribution in [0.15, 0.2) is 39.3 Å². The standard InChI is InChI=1S/C12H10Br2N2O/c1-7-9(14)3-5-12(16-7)17-11-4-2-8(13)6-10(11)15/h2-6H,15H2,1H3. The van der Waals surface area contributed by atoms with Crippen molar-refractivity contribution in [2.75, 3.05) is 5.73 Å². The van der Waals surface area contributed by atoms with Gasteiger partial charge >= 0.3 is 0 Å². The number of nitrogens with two attached hydrogens (primary N) is 1. The first-order valence-corrected chi connectivity index (χ1v) is 6.51. The fraction of sp³-hybridized carbons (Fsp3) is 0.0833. The maximum absolute atomic E-state index is 5.85. The van der Waals surface area contributed by atoms with Crippen molar-refractivity contribution in [3.63, 3.8) is 0 Å². The van der Waals surface area contributed by atoms with E-state index in [4.69, 9.17) is 10.5 Å². The van der Waals surface area contributed by atoms with Crippen LogP contribution in [0.5, 0.6) is 11.6 Å². The first kappa shape index (κ1) is 12.4. The minimum absolute atomic E-state index is 0.528. The van der Waals surface area contributed by atoms with Crippen molar-refractivity contribution in [3.05, 3.63) is 45.0 Å². The number of anilines is 1. The molecule has 0 aliphatic heterocycles. The number of benzene rings is 1. The maximum atomic E-state index is 5.85. The lowest BCUT2D eigenvalue weighted by molar-refractivity contribution is 0.463. The predicted molar refractivity (Wildman–Crippen MR) is 75.3 cm³/mol. The molecule has 5 heteroatoms. The summed E-state index contributed by atoms with van der Waals surface area (Å²) in [6.07, 6.45) is 0. The van der Waals surface area contributed by atoms with Gasteiger partial charge in [0.15, 0.2) is 5.75 Å². The van der Waals surface area contributed by atoms with Gasteiger partial charge in [0.1, 0.15) is 0 Å². The Kier molecular flexibility index (Phi) is 3.69. The molecule has 0 unspecified atom stereocenters. The van der Waals surface area contributed by atoms with Crippen LogP contribution in [0, 0.1) is 6.92 Å². The molecule has 2 rings (SSSR count). The van der Waals surface area contributed by atoms with Crippen molar-refractivity contribution in [1.82, 2.24) is 4.98 Å². The van der Waals surface area contributed by atoms with Crippen molar-refractivity contribution in [2.24, 2.45) is 0 Å². The summed E-state index contributed by atoms with van der Waals surface area (Å²) < 4.78 is 7.49. The number of aromatic nitrogens is 1. The van der Waals surface area contributed by atoms with Gasteiger partial charge in [-0.05, 0) is 47.1 Å². The molecule has 0 atom stereocenters. The van der Waals surface area contributed by atoms with Gasteiger partial charge in [-0.15, -0.1) is 0 Å². The smallest absolute Gasteiger partial charge is 0.219 e. The second kappa shape index (κ2) is 5.06. The predicted octanol–water partition coefficient (Wildman–Crippen LogP) is 4.29. The van der Waals surface area contributed by atoms with E-state index in [9.17, 15) is 0 Å². The number of hydrogen-bond acceptors (Lipinski definition) is 3. The van der Waals surface area contributed by atoms with Crippen molar-refractivity contribution in [3.8, 4) is 11.6 Å². The molecule has 0 fully saturated rings. The van der Waals surface area contributed by atoms with Gasteiger partial charge in [0.25, 0.3) is 0 Å². The van der Waals surface area contributed by atoms with Gasteiger partial charge in [-0.3, -0.25) is 0 Å². The average Bonchev–Trinajstić information content (AvgIpc) is 2.27. The summed E-state index contributed by atoms with van der Waals surface area (Å²) in [5.74, 6) is 1.13. The highest BCUT2D eigenvalue weighted by molar-refractivity contribution is 9.10. The molecule has 1 heterocycles. The Labute approximate surface area is 116 Å². The SMILES string of the molecule is Cc1nc(Oc2ccc(Br)cc2N)ccc1Br. The van der Waals surface area contributed by atoms with Crippen molar-refractivity contribution in [2.45, 2.75) is 6.92 Å². The lowest BCUT2D eigenvalue weighted by Crippen LogP contribution is -1.94. The van der Waals surface area contributed by atoms with E-state index in [0.29, 0.717) is 17.3 Å². The molecule has 0 saturated carbocycles. The third-order valence-electron chi connectivity index (χ3n) is 2.18. The van der Waals surface area contributed by atoms with Gasteiger partial charge in [-0.25, -0.2) is 4.98 Å². The highest BCUT2D eigenvalue weighted by atomic mass is 79.9. The second-order valence-electron chi connectivity index (χ2n) is 3.50. The van der Waals surface area contributed by atoms with Gasteiger partial charge in [0.2, 0.25) is 5.88 Å². The first-order valence-electron chi connectivity index (χ1n) is 4.92. The van der Waals surface area contributed by atoms with Crippen molar-refractivity contribution < 1.29 is 4.74 Å². The Morgan fingerprint density at radius 1 is 1.18 bits per heavy atom. The fourth-order valence-corrected chi connectivity index (χ4v) is 1.90. The van der Waals surface area contributed by atoms with E-state index in [1.165, 1.54) is 0 Å². The zero-order valence-corrected chi connectivity index (χ0v) is 12.2. The normalized spacial score (nSPS) is 10.3. The average molecular weight is 358 g/mol. The molecule has 0 saturated heterocycles. The van der Waals surface area contributed by atoms with Crippen LogP contribution in [0.2, 0.25) is 0 Å². The van der Waals surface area contributed by atoms with Gasteiger partial charge in [0, 0.05) is 15.0 Å². The van der Waals surface area contributed by atoms with Crippen LogP contribution in [0.25, 0.3) is 0 Å². The summed E-state index contributed by atoms with van der Waals surface area (Å²) in [5.41, 5.74) is 7.29. The summed E-state index contributed by atoms with van der Waals surface area (Å²) in [4.78, 5) is 4.30. The van der Waals surface area contributed by atoms with Crippen LogP contribution in [-0.2, 0) is 0 Å². The van der Waals surface area contributed by atoms with Gasteiger partial charge < -0.3 is 10.5 Å². The van der Waals surface area contributed by atoms with Crippen LogP contribution in [0.1, 0.15) is 5.69 Å². The highest BCUT2D eigenvalue weighted by Crippen LogP contribution is 2.29. The quantitative estimate of drug-likeness (QED) is 0.815. The number of rotatable bonds is 2. The molecule has 17 heavy (non-hydrogen) atoms. The molecule has 0 bridgehead atoms. The molecule has 2 N–H and O–H groups in total. The summed E-state index contributed by atoms with van der Waals surface area (Å²) >= 11 is 6.74. The minimum atomic E-state index is 0.528. The Morgan fingerprint density at radius 3 is 2.59 bits per heavy atom. The van der Waals surface area contributed by atoms with Crippen LogP contribution >= 0.6 is 31.9 Å². The van der Waals surface area contributed by atoms with Crippen LogP contribution in [0.4, 0.5) is 5.69 Å². The molecule has 2 aromatic rings. The lowest BCUT2D eigenvalue weighted by Gasteiger charge is -2.08. The Balaban J connectivity index is 2.28. The van der Waals surface area contributed by atoms with Crippen LogP contribution in [-0.4, -0.2) is 4.98 Å². The number of ether oxygens (including phenoxy) is 1. The number of halogens is 2. The largest absolute Gasteiger partial charge is 0.437 e. The van der Waals surface area contributed by atoms with E-state index < -0.39 is 0 Å². The zero-order valence-electron chi connectivity index (χ0n) is 9.08. The molecule has 0 spiro atoms.